The Kier molecular flexibility index (Phi) is 6.61. The summed E-state index contributed by atoms with van der Waals surface area (Å²) in [6.07, 6.45) is 1.11. The molecule has 2 aromatic carbocycles. The molecular weight excluding hydrogens is 307 g/mol. The van der Waals surface area contributed by atoms with Gasteiger partial charge in [-0.25, -0.2) is 4.39 Å². The summed E-state index contributed by atoms with van der Waals surface area (Å²) in [4.78, 5) is 12.0. The highest BCUT2D eigenvalue weighted by Gasteiger charge is 2.08. The van der Waals surface area contributed by atoms with Gasteiger partial charge in [0, 0.05) is 30.3 Å². The molecule has 2 N–H and O–H groups in total. The van der Waals surface area contributed by atoms with Crippen LogP contribution in [0.2, 0.25) is 0 Å². The zero-order chi connectivity index (χ0) is 17.4. The van der Waals surface area contributed by atoms with E-state index < -0.39 is 0 Å². The molecule has 0 aliphatic carbocycles. The topological polar surface area (TPSA) is 50.4 Å². The maximum atomic E-state index is 12.9. The Morgan fingerprint density at radius 1 is 1.17 bits per heavy atom. The molecule has 0 fully saturated rings. The first-order valence-corrected chi connectivity index (χ1v) is 7.99. The predicted molar refractivity (Wildman–Crippen MR) is 93.6 cm³/mol. The molecule has 0 bridgehead atoms. The minimum absolute atomic E-state index is 0.00587. The minimum atomic E-state index is -0.260. The van der Waals surface area contributed by atoms with Crippen LogP contribution in [0.25, 0.3) is 0 Å². The molecule has 0 saturated heterocycles. The van der Waals surface area contributed by atoms with Crippen LogP contribution in [0.1, 0.15) is 25.3 Å². The number of carbonyl (C=O) groups excluding carboxylic acids is 1. The normalized spacial score (nSPS) is 11.6. The number of anilines is 1. The number of rotatable bonds is 8. The molecule has 1 atom stereocenters. The first-order chi connectivity index (χ1) is 11.6. The molecule has 0 spiro atoms. The van der Waals surface area contributed by atoms with E-state index in [0.29, 0.717) is 19.4 Å². The lowest BCUT2D eigenvalue weighted by molar-refractivity contribution is -0.121. The number of amides is 1. The van der Waals surface area contributed by atoms with Crippen LogP contribution >= 0.6 is 0 Å². The highest BCUT2D eigenvalue weighted by Crippen LogP contribution is 2.17. The summed E-state index contributed by atoms with van der Waals surface area (Å²) in [6.45, 7) is 2.44. The van der Waals surface area contributed by atoms with Gasteiger partial charge in [-0.2, -0.15) is 0 Å². The summed E-state index contributed by atoms with van der Waals surface area (Å²) in [7, 11) is 1.61. The standard InChI is InChI=1S/C19H23FN2O2/c1-14(22-17-10-8-16(20)9-11-17)7-12-19(23)21-13-15-5-3-4-6-18(15)24-2/h3-6,8-11,14,22H,7,12-13H2,1-2H3,(H,21,23). The van der Waals surface area contributed by atoms with Gasteiger partial charge in [0.05, 0.1) is 7.11 Å². The van der Waals surface area contributed by atoms with Crippen molar-refractivity contribution in [3.63, 3.8) is 0 Å². The number of ether oxygens (including phenoxy) is 1. The Hall–Kier alpha value is -2.56. The van der Waals surface area contributed by atoms with Gasteiger partial charge in [0.15, 0.2) is 0 Å². The van der Waals surface area contributed by atoms with Gasteiger partial charge in [0.25, 0.3) is 0 Å². The van der Waals surface area contributed by atoms with Crippen LogP contribution in [0, 0.1) is 5.82 Å². The Morgan fingerprint density at radius 3 is 2.58 bits per heavy atom. The maximum absolute atomic E-state index is 12.9. The lowest BCUT2D eigenvalue weighted by Gasteiger charge is -2.15. The minimum Gasteiger partial charge on any atom is -0.496 e. The molecule has 1 unspecified atom stereocenters. The van der Waals surface area contributed by atoms with Gasteiger partial charge in [-0.15, -0.1) is 0 Å². The van der Waals surface area contributed by atoms with Crippen LogP contribution in [0.4, 0.5) is 10.1 Å². The third-order valence-corrected chi connectivity index (χ3v) is 3.73. The fourth-order valence-electron chi connectivity index (χ4n) is 2.38. The van der Waals surface area contributed by atoms with Crippen LogP contribution in [0.3, 0.4) is 0 Å². The first kappa shape index (κ1) is 17.8. The largest absolute Gasteiger partial charge is 0.496 e. The van der Waals surface area contributed by atoms with Crippen molar-refractivity contribution in [3.8, 4) is 5.75 Å². The second kappa shape index (κ2) is 8.91. The van der Waals surface area contributed by atoms with Crippen molar-refractivity contribution in [1.82, 2.24) is 5.32 Å². The predicted octanol–water partition coefficient (Wildman–Crippen LogP) is 3.73. The summed E-state index contributed by atoms with van der Waals surface area (Å²) < 4.78 is 18.1. The van der Waals surface area contributed by atoms with Crippen LogP contribution in [0.5, 0.6) is 5.75 Å². The number of nitrogens with one attached hydrogen (secondary N) is 2. The zero-order valence-electron chi connectivity index (χ0n) is 14.0. The Morgan fingerprint density at radius 2 is 1.88 bits per heavy atom. The molecule has 1 amide bonds. The number of para-hydroxylation sites is 1. The van der Waals surface area contributed by atoms with Crippen LogP contribution in [-0.4, -0.2) is 19.1 Å². The SMILES string of the molecule is COc1ccccc1CNC(=O)CCC(C)Nc1ccc(F)cc1. The average molecular weight is 330 g/mol. The third kappa shape index (κ3) is 5.57. The number of carbonyl (C=O) groups is 1. The molecule has 5 heteroatoms. The zero-order valence-corrected chi connectivity index (χ0v) is 14.0. The third-order valence-electron chi connectivity index (χ3n) is 3.73. The van der Waals surface area contributed by atoms with Gasteiger partial charge >= 0.3 is 0 Å². The maximum Gasteiger partial charge on any atom is 0.220 e. The van der Waals surface area contributed by atoms with E-state index in [9.17, 15) is 9.18 Å². The van der Waals surface area contributed by atoms with Crippen molar-refractivity contribution in [2.45, 2.75) is 32.4 Å². The van der Waals surface area contributed by atoms with Crippen molar-refractivity contribution in [2.24, 2.45) is 0 Å². The van der Waals surface area contributed by atoms with E-state index in [4.69, 9.17) is 4.74 Å². The second-order valence-corrected chi connectivity index (χ2v) is 5.68. The number of hydrogen-bond acceptors (Lipinski definition) is 3. The highest BCUT2D eigenvalue weighted by molar-refractivity contribution is 5.76. The molecule has 2 rings (SSSR count). The van der Waals surface area contributed by atoms with Gasteiger partial charge in [-0.05, 0) is 43.7 Å². The smallest absolute Gasteiger partial charge is 0.220 e. The molecule has 24 heavy (non-hydrogen) atoms. The fourth-order valence-corrected chi connectivity index (χ4v) is 2.38. The summed E-state index contributed by atoms with van der Waals surface area (Å²) >= 11 is 0. The van der Waals surface area contributed by atoms with E-state index in [-0.39, 0.29) is 17.8 Å². The molecule has 0 aromatic heterocycles. The lowest BCUT2D eigenvalue weighted by Crippen LogP contribution is -2.25. The Labute approximate surface area is 142 Å². The molecule has 0 heterocycles. The summed E-state index contributed by atoms with van der Waals surface area (Å²) in [5.41, 5.74) is 1.80. The van der Waals surface area contributed by atoms with Crippen LogP contribution in [0.15, 0.2) is 48.5 Å². The fraction of sp³-hybridized carbons (Fsp3) is 0.316. The number of methoxy groups -OCH3 is 1. The van der Waals surface area contributed by atoms with E-state index in [0.717, 1.165) is 17.0 Å². The molecule has 0 aliphatic rings. The summed E-state index contributed by atoms with van der Waals surface area (Å²) in [6, 6.07) is 13.9. The van der Waals surface area contributed by atoms with E-state index in [1.165, 1.54) is 12.1 Å². The van der Waals surface area contributed by atoms with Crippen molar-refractivity contribution >= 4 is 11.6 Å². The Balaban J connectivity index is 1.73. The van der Waals surface area contributed by atoms with Gasteiger partial charge < -0.3 is 15.4 Å². The molecule has 4 nitrogen and oxygen atoms in total. The number of benzene rings is 2. The van der Waals surface area contributed by atoms with Crippen molar-refractivity contribution < 1.29 is 13.9 Å². The quantitative estimate of drug-likeness (QED) is 0.775. The molecule has 128 valence electrons. The lowest BCUT2D eigenvalue weighted by atomic mass is 10.1. The molecule has 2 aromatic rings. The van der Waals surface area contributed by atoms with Crippen molar-refractivity contribution in [2.75, 3.05) is 12.4 Å². The molecular formula is C19H23FN2O2. The molecule has 0 saturated carbocycles. The highest BCUT2D eigenvalue weighted by atomic mass is 19.1. The molecule has 0 aliphatic heterocycles. The van der Waals surface area contributed by atoms with E-state index in [1.807, 2.05) is 31.2 Å². The van der Waals surface area contributed by atoms with E-state index in [2.05, 4.69) is 10.6 Å². The molecule has 0 radical (unpaired) electrons. The second-order valence-electron chi connectivity index (χ2n) is 5.68. The number of hydrogen-bond donors (Lipinski definition) is 2. The average Bonchev–Trinajstić information content (AvgIpc) is 2.60. The number of halogens is 1. The van der Waals surface area contributed by atoms with Crippen LogP contribution in [-0.2, 0) is 11.3 Å². The van der Waals surface area contributed by atoms with Gasteiger partial charge in [0.1, 0.15) is 11.6 Å². The summed E-state index contributed by atoms with van der Waals surface area (Å²) in [5, 5.41) is 6.15. The van der Waals surface area contributed by atoms with Gasteiger partial charge in [-0.1, -0.05) is 18.2 Å². The van der Waals surface area contributed by atoms with E-state index >= 15 is 0 Å². The Bertz CT molecular complexity index is 659. The monoisotopic (exact) mass is 330 g/mol. The van der Waals surface area contributed by atoms with E-state index in [1.54, 1.807) is 19.2 Å². The van der Waals surface area contributed by atoms with Crippen molar-refractivity contribution in [1.29, 1.82) is 0 Å². The van der Waals surface area contributed by atoms with Crippen LogP contribution < -0.4 is 15.4 Å². The first-order valence-electron chi connectivity index (χ1n) is 7.99. The van der Waals surface area contributed by atoms with Gasteiger partial charge in [0.2, 0.25) is 5.91 Å². The van der Waals surface area contributed by atoms with Crippen molar-refractivity contribution in [3.05, 3.63) is 59.9 Å². The van der Waals surface area contributed by atoms with Gasteiger partial charge in [-0.3, -0.25) is 4.79 Å². The summed E-state index contributed by atoms with van der Waals surface area (Å²) in [5.74, 6) is 0.502.